The molecule has 1 aliphatic heterocycles. The van der Waals surface area contributed by atoms with Crippen LogP contribution in [0.4, 0.5) is 0 Å². The lowest BCUT2D eigenvalue weighted by Gasteiger charge is -2.31. The summed E-state index contributed by atoms with van der Waals surface area (Å²) < 4.78 is 7.27. The Balaban J connectivity index is 1.96. The van der Waals surface area contributed by atoms with E-state index in [1.165, 1.54) is 4.57 Å². The average molecular weight is 338 g/mol. The third-order valence-corrected chi connectivity index (χ3v) is 4.50. The predicted octanol–water partition coefficient (Wildman–Crippen LogP) is 2.54. The number of ether oxygens (including phenoxy) is 1. The number of rotatable bonds is 1. The first kappa shape index (κ1) is 15.2. The van der Waals surface area contributed by atoms with Gasteiger partial charge in [0.1, 0.15) is 0 Å². The van der Waals surface area contributed by atoms with Gasteiger partial charge in [0, 0.05) is 17.7 Å². The largest absolute Gasteiger partial charge is 0.742 e. The Labute approximate surface area is 144 Å². The van der Waals surface area contributed by atoms with Crippen LogP contribution >= 0.6 is 0 Å². The van der Waals surface area contributed by atoms with Gasteiger partial charge in [0.2, 0.25) is 0 Å². The van der Waals surface area contributed by atoms with E-state index < -0.39 is 0 Å². The second-order valence-corrected chi connectivity index (χ2v) is 6.93. The van der Waals surface area contributed by atoms with Crippen molar-refractivity contribution in [2.45, 2.75) is 37.6 Å². The molecule has 0 N–H and O–H groups in total. The van der Waals surface area contributed by atoms with E-state index in [1.807, 2.05) is 50.2 Å². The van der Waals surface area contributed by atoms with E-state index in [1.54, 1.807) is 0 Å². The zero-order valence-corrected chi connectivity index (χ0v) is 14.3. The standard InChI is InChI=1S/C18H17N3O2S/c1-18(2)9-14-11(10-23-18)8-13-15(19-14)20-17(24)21(16(13)22)12-6-4-3-5-7-12/h3-8H,9-10H2,1-2H3,(H,19,20,24)/p-1. The molecule has 0 bridgehead atoms. The summed E-state index contributed by atoms with van der Waals surface area (Å²) in [7, 11) is 0. The molecule has 2 aromatic heterocycles. The number of nitrogens with zero attached hydrogens (tertiary/aromatic N) is 3. The van der Waals surface area contributed by atoms with Crippen LogP contribution in [-0.4, -0.2) is 20.1 Å². The summed E-state index contributed by atoms with van der Waals surface area (Å²) in [5.41, 5.74) is 2.53. The summed E-state index contributed by atoms with van der Waals surface area (Å²) in [4.78, 5) is 21.9. The first-order valence-electron chi connectivity index (χ1n) is 7.76. The normalized spacial score (nSPS) is 16.1. The maximum absolute atomic E-state index is 12.9. The van der Waals surface area contributed by atoms with Gasteiger partial charge in [-0.05, 0) is 37.2 Å². The van der Waals surface area contributed by atoms with Gasteiger partial charge >= 0.3 is 0 Å². The molecule has 4 rings (SSSR count). The molecule has 0 radical (unpaired) electrons. The van der Waals surface area contributed by atoms with Crippen molar-refractivity contribution in [2.75, 3.05) is 0 Å². The molecule has 122 valence electrons. The summed E-state index contributed by atoms with van der Waals surface area (Å²) in [6, 6.07) is 11.1. The second kappa shape index (κ2) is 5.36. The lowest BCUT2D eigenvalue weighted by Crippen LogP contribution is -2.33. The van der Waals surface area contributed by atoms with Gasteiger partial charge < -0.3 is 17.4 Å². The summed E-state index contributed by atoms with van der Waals surface area (Å²) in [5.74, 6) is 0. The van der Waals surface area contributed by atoms with Gasteiger partial charge in [-0.15, -0.1) is 0 Å². The van der Waals surface area contributed by atoms with E-state index in [-0.39, 0.29) is 16.3 Å². The molecule has 3 aromatic rings. The average Bonchev–Trinajstić information content (AvgIpc) is 2.54. The molecule has 0 unspecified atom stereocenters. The predicted molar refractivity (Wildman–Crippen MR) is 93.3 cm³/mol. The molecule has 1 aliphatic rings. The molecule has 3 heterocycles. The molecule has 0 saturated carbocycles. The Hall–Kier alpha value is -2.31. The fourth-order valence-corrected chi connectivity index (χ4v) is 3.26. The SMILES string of the molecule is CC1(C)Cc2nc3nc([S-])n(-c4ccccc4)c(=O)c3cc2CO1. The van der Waals surface area contributed by atoms with E-state index in [4.69, 9.17) is 17.4 Å². The molecular formula is C18H16N3O2S-. The maximum atomic E-state index is 12.9. The summed E-state index contributed by atoms with van der Waals surface area (Å²) in [6.07, 6.45) is 0.689. The fourth-order valence-electron chi connectivity index (χ4n) is 2.98. The minimum Gasteiger partial charge on any atom is -0.742 e. The van der Waals surface area contributed by atoms with E-state index >= 15 is 0 Å². The Morgan fingerprint density at radius 3 is 2.71 bits per heavy atom. The van der Waals surface area contributed by atoms with Crippen molar-refractivity contribution < 1.29 is 4.74 Å². The fraction of sp³-hybridized carbons (Fsp3) is 0.278. The molecular weight excluding hydrogens is 322 g/mol. The molecule has 1 aromatic carbocycles. The van der Waals surface area contributed by atoms with E-state index in [0.29, 0.717) is 29.7 Å². The van der Waals surface area contributed by atoms with Crippen LogP contribution < -0.4 is 5.56 Å². The first-order chi connectivity index (χ1) is 11.4. The van der Waals surface area contributed by atoms with Crippen LogP contribution in [0.2, 0.25) is 0 Å². The molecule has 5 nitrogen and oxygen atoms in total. The summed E-state index contributed by atoms with van der Waals surface area (Å²) in [5, 5.41) is 0.687. The number of hydrogen-bond acceptors (Lipinski definition) is 5. The van der Waals surface area contributed by atoms with Crippen LogP contribution in [0.3, 0.4) is 0 Å². The van der Waals surface area contributed by atoms with Crippen LogP contribution in [-0.2, 0) is 30.4 Å². The monoisotopic (exact) mass is 338 g/mol. The molecule has 24 heavy (non-hydrogen) atoms. The number of hydrogen-bond donors (Lipinski definition) is 0. The Morgan fingerprint density at radius 2 is 1.96 bits per heavy atom. The molecule has 0 amide bonds. The van der Waals surface area contributed by atoms with E-state index in [9.17, 15) is 4.79 Å². The van der Waals surface area contributed by atoms with Gasteiger partial charge in [0.05, 0.1) is 23.3 Å². The Bertz CT molecular complexity index is 997. The highest BCUT2D eigenvalue weighted by atomic mass is 32.1. The van der Waals surface area contributed by atoms with Crippen LogP contribution in [0.1, 0.15) is 25.1 Å². The quantitative estimate of drug-likeness (QED) is 0.504. The maximum Gasteiger partial charge on any atom is 0.266 e. The van der Waals surface area contributed by atoms with Gasteiger partial charge in [-0.3, -0.25) is 9.36 Å². The Morgan fingerprint density at radius 1 is 1.21 bits per heavy atom. The smallest absolute Gasteiger partial charge is 0.266 e. The van der Waals surface area contributed by atoms with Gasteiger partial charge in [0.25, 0.3) is 5.56 Å². The summed E-state index contributed by atoms with van der Waals surface area (Å²) >= 11 is 5.34. The molecule has 0 fully saturated rings. The molecule has 0 spiro atoms. The van der Waals surface area contributed by atoms with E-state index in [2.05, 4.69) is 9.97 Å². The summed E-state index contributed by atoms with van der Waals surface area (Å²) in [6.45, 7) is 4.51. The minimum absolute atomic E-state index is 0.198. The van der Waals surface area contributed by atoms with E-state index in [0.717, 1.165) is 11.3 Å². The molecule has 0 saturated heterocycles. The van der Waals surface area contributed by atoms with Crippen molar-refractivity contribution in [2.24, 2.45) is 0 Å². The van der Waals surface area contributed by atoms with Crippen molar-refractivity contribution >= 4 is 23.7 Å². The number of para-hydroxylation sites is 1. The topological polar surface area (TPSA) is 57.0 Å². The van der Waals surface area contributed by atoms with Gasteiger partial charge in [0.15, 0.2) is 5.65 Å². The van der Waals surface area contributed by atoms with Gasteiger partial charge in [-0.2, -0.15) is 0 Å². The van der Waals surface area contributed by atoms with Crippen LogP contribution in [0.25, 0.3) is 16.7 Å². The zero-order valence-electron chi connectivity index (χ0n) is 13.4. The first-order valence-corrected chi connectivity index (χ1v) is 8.17. The lowest BCUT2D eigenvalue weighted by molar-refractivity contribution is -0.0411. The van der Waals surface area contributed by atoms with Crippen molar-refractivity contribution in [3.8, 4) is 5.69 Å². The van der Waals surface area contributed by atoms with Crippen LogP contribution in [0.15, 0.2) is 46.3 Å². The minimum atomic E-state index is -0.260. The molecule has 0 atom stereocenters. The lowest BCUT2D eigenvalue weighted by atomic mass is 9.95. The number of fused-ring (bicyclic) bond motifs is 2. The zero-order chi connectivity index (χ0) is 16.9. The van der Waals surface area contributed by atoms with Crippen molar-refractivity contribution in [3.05, 3.63) is 58.0 Å². The number of aromatic nitrogens is 3. The van der Waals surface area contributed by atoms with Crippen molar-refractivity contribution in [1.82, 2.24) is 14.5 Å². The third-order valence-electron chi connectivity index (χ3n) is 4.22. The highest BCUT2D eigenvalue weighted by Crippen LogP contribution is 2.28. The van der Waals surface area contributed by atoms with Crippen molar-refractivity contribution in [1.29, 1.82) is 0 Å². The molecule has 6 heteroatoms. The van der Waals surface area contributed by atoms with Crippen LogP contribution in [0, 0.1) is 0 Å². The highest BCUT2D eigenvalue weighted by Gasteiger charge is 2.28. The molecule has 0 aliphatic carbocycles. The number of pyridine rings is 1. The van der Waals surface area contributed by atoms with Gasteiger partial charge in [-0.25, -0.2) is 9.97 Å². The van der Waals surface area contributed by atoms with Crippen molar-refractivity contribution in [3.63, 3.8) is 0 Å². The highest BCUT2D eigenvalue weighted by molar-refractivity contribution is 7.58. The number of benzene rings is 1. The second-order valence-electron chi connectivity index (χ2n) is 6.56. The van der Waals surface area contributed by atoms with Gasteiger partial charge in [-0.1, -0.05) is 18.2 Å². The Kier molecular flexibility index (Phi) is 3.40. The van der Waals surface area contributed by atoms with Crippen LogP contribution in [0.5, 0.6) is 0 Å². The third kappa shape index (κ3) is 2.48.